The van der Waals surface area contributed by atoms with E-state index in [2.05, 4.69) is 278 Å². The number of para-hydroxylation sites is 2. The number of fused-ring (bicyclic) bond motifs is 1. The first-order valence-corrected chi connectivity index (χ1v) is 22.3. The molecule has 65 heavy (non-hydrogen) atoms. The summed E-state index contributed by atoms with van der Waals surface area (Å²) in [5, 5.41) is 2.42. The maximum absolute atomic E-state index is 2.45. The van der Waals surface area contributed by atoms with Crippen molar-refractivity contribution in [1.29, 1.82) is 0 Å². The molecule has 11 aromatic rings. The van der Waals surface area contributed by atoms with Gasteiger partial charge < -0.3 is 4.90 Å². The van der Waals surface area contributed by atoms with Gasteiger partial charge in [-0.3, -0.25) is 0 Å². The Bertz CT molecular complexity index is 3360. The summed E-state index contributed by atoms with van der Waals surface area (Å²) in [4.78, 5) is 2.39. The molecular weight excluding hydrogens is 783 g/mol. The summed E-state index contributed by atoms with van der Waals surface area (Å²) in [6.45, 7) is 0. The second-order valence-corrected chi connectivity index (χ2v) is 16.4. The minimum absolute atomic E-state index is 1.09. The van der Waals surface area contributed by atoms with Crippen LogP contribution in [0.3, 0.4) is 0 Å². The average molecular weight is 828 g/mol. The van der Waals surface area contributed by atoms with Gasteiger partial charge in [-0.25, -0.2) is 0 Å². The van der Waals surface area contributed by atoms with Crippen LogP contribution in [-0.2, 0) is 0 Å². The topological polar surface area (TPSA) is 3.24 Å². The van der Waals surface area contributed by atoms with Gasteiger partial charge >= 0.3 is 0 Å². The number of hydrogen-bond acceptors (Lipinski definition) is 1. The molecule has 0 fully saturated rings. The van der Waals surface area contributed by atoms with Crippen LogP contribution in [0.4, 0.5) is 17.1 Å². The second kappa shape index (κ2) is 17.7. The van der Waals surface area contributed by atoms with Crippen LogP contribution in [0.2, 0.25) is 0 Å². The van der Waals surface area contributed by atoms with E-state index in [0.29, 0.717) is 0 Å². The zero-order chi connectivity index (χ0) is 43.4. The third kappa shape index (κ3) is 7.60. The second-order valence-electron chi connectivity index (χ2n) is 16.4. The first-order chi connectivity index (χ1) is 32.3. The summed E-state index contributed by atoms with van der Waals surface area (Å²) in [6, 6.07) is 98.9. The third-order valence-electron chi connectivity index (χ3n) is 12.5. The molecule has 306 valence electrons. The van der Waals surface area contributed by atoms with Crippen molar-refractivity contribution in [3.8, 4) is 77.9 Å². The number of anilines is 3. The summed E-state index contributed by atoms with van der Waals surface area (Å²) in [5.41, 5.74) is 20.0. The Morgan fingerprint density at radius 2 is 0.554 bits per heavy atom. The molecule has 0 unspecified atom stereocenters. The molecule has 0 aliphatic rings. The van der Waals surface area contributed by atoms with E-state index in [0.717, 1.165) is 33.8 Å². The Morgan fingerprint density at radius 1 is 0.200 bits per heavy atom. The molecule has 0 N–H and O–H groups in total. The molecule has 11 rings (SSSR count). The highest BCUT2D eigenvalue weighted by molar-refractivity contribution is 6.19. The number of rotatable bonds is 10. The Hall–Kier alpha value is -8.52. The Morgan fingerprint density at radius 3 is 1.08 bits per heavy atom. The van der Waals surface area contributed by atoms with E-state index in [9.17, 15) is 0 Å². The average Bonchev–Trinajstić information content (AvgIpc) is 3.40. The zero-order valence-corrected chi connectivity index (χ0v) is 35.9. The molecule has 11 aromatic carbocycles. The molecular formula is C64H45N. The maximum Gasteiger partial charge on any atom is 0.0540 e. The minimum Gasteiger partial charge on any atom is -0.310 e. The van der Waals surface area contributed by atoms with Gasteiger partial charge in [0.2, 0.25) is 0 Å². The van der Waals surface area contributed by atoms with E-state index in [-0.39, 0.29) is 0 Å². The molecule has 0 aliphatic carbocycles. The summed E-state index contributed by atoms with van der Waals surface area (Å²) in [6.07, 6.45) is 0. The molecule has 0 saturated carbocycles. The lowest BCUT2D eigenvalue weighted by Crippen LogP contribution is -2.11. The Kier molecular flexibility index (Phi) is 10.7. The van der Waals surface area contributed by atoms with Crippen LogP contribution < -0.4 is 4.90 Å². The smallest absolute Gasteiger partial charge is 0.0540 e. The van der Waals surface area contributed by atoms with Crippen molar-refractivity contribution in [2.75, 3.05) is 4.90 Å². The summed E-state index contributed by atoms with van der Waals surface area (Å²) >= 11 is 0. The lowest BCUT2D eigenvalue weighted by Gasteiger charge is -2.28. The normalized spacial score (nSPS) is 11.1. The minimum atomic E-state index is 1.09. The predicted octanol–water partition coefficient (Wildman–Crippen LogP) is 18.0. The lowest BCUT2D eigenvalue weighted by atomic mass is 9.78. The van der Waals surface area contributed by atoms with Crippen molar-refractivity contribution in [3.63, 3.8) is 0 Å². The Balaban J connectivity index is 1.16. The van der Waals surface area contributed by atoms with Crippen molar-refractivity contribution in [1.82, 2.24) is 0 Å². The van der Waals surface area contributed by atoms with Crippen LogP contribution >= 0.6 is 0 Å². The van der Waals surface area contributed by atoms with Gasteiger partial charge in [0.25, 0.3) is 0 Å². The molecule has 1 heteroatoms. The first-order valence-electron chi connectivity index (χ1n) is 22.3. The Labute approximate surface area is 381 Å². The van der Waals surface area contributed by atoms with Crippen LogP contribution in [0, 0.1) is 0 Å². The maximum atomic E-state index is 2.45. The van der Waals surface area contributed by atoms with E-state index in [1.165, 1.54) is 72.0 Å². The van der Waals surface area contributed by atoms with Gasteiger partial charge in [0.1, 0.15) is 0 Å². The van der Waals surface area contributed by atoms with Crippen molar-refractivity contribution in [3.05, 3.63) is 273 Å². The summed E-state index contributed by atoms with van der Waals surface area (Å²) in [7, 11) is 0. The fourth-order valence-electron chi connectivity index (χ4n) is 9.56. The highest BCUT2D eigenvalue weighted by Gasteiger charge is 2.25. The summed E-state index contributed by atoms with van der Waals surface area (Å²) < 4.78 is 0. The molecule has 0 radical (unpaired) electrons. The van der Waals surface area contributed by atoms with Crippen molar-refractivity contribution < 1.29 is 0 Å². The van der Waals surface area contributed by atoms with Crippen LogP contribution in [0.5, 0.6) is 0 Å². The van der Waals surface area contributed by atoms with Gasteiger partial charge in [0.15, 0.2) is 0 Å². The van der Waals surface area contributed by atoms with Gasteiger partial charge in [-0.1, -0.05) is 237 Å². The quantitative estimate of drug-likeness (QED) is 0.133. The van der Waals surface area contributed by atoms with Gasteiger partial charge in [0.05, 0.1) is 5.69 Å². The molecule has 0 bridgehead atoms. The molecule has 1 nitrogen and oxygen atoms in total. The van der Waals surface area contributed by atoms with E-state index in [1.54, 1.807) is 0 Å². The SMILES string of the molecule is c1ccc(-c2ccc(N(c3ccccc3)c3ccccc3-c3ccccc3-c3ccc4c(-c5ccccc5)c(-c5ccccc5)c(-c5ccccc5)c(-c5ccccc5)c4c3)cc2)cc1. The molecule has 0 spiro atoms. The third-order valence-corrected chi connectivity index (χ3v) is 12.5. The number of hydrogen-bond donors (Lipinski definition) is 0. The monoisotopic (exact) mass is 827 g/mol. The van der Waals surface area contributed by atoms with Gasteiger partial charge in [0, 0.05) is 16.9 Å². The molecule has 0 atom stereocenters. The van der Waals surface area contributed by atoms with Crippen LogP contribution in [0.15, 0.2) is 273 Å². The highest BCUT2D eigenvalue weighted by Crippen LogP contribution is 2.52. The van der Waals surface area contributed by atoms with E-state index in [4.69, 9.17) is 0 Å². The van der Waals surface area contributed by atoms with E-state index < -0.39 is 0 Å². The first kappa shape index (κ1) is 39.3. The van der Waals surface area contributed by atoms with Crippen molar-refractivity contribution in [2.45, 2.75) is 0 Å². The van der Waals surface area contributed by atoms with Crippen LogP contribution in [0.1, 0.15) is 0 Å². The van der Waals surface area contributed by atoms with E-state index in [1.807, 2.05) is 0 Å². The van der Waals surface area contributed by atoms with Crippen LogP contribution in [-0.4, -0.2) is 0 Å². The highest BCUT2D eigenvalue weighted by atomic mass is 15.1. The summed E-state index contributed by atoms with van der Waals surface area (Å²) in [5.74, 6) is 0. The van der Waals surface area contributed by atoms with Gasteiger partial charge in [-0.05, 0) is 119 Å². The molecule has 0 aromatic heterocycles. The molecule has 0 saturated heterocycles. The molecule has 0 aliphatic heterocycles. The number of nitrogens with zero attached hydrogens (tertiary/aromatic N) is 1. The van der Waals surface area contributed by atoms with Crippen molar-refractivity contribution in [2.24, 2.45) is 0 Å². The van der Waals surface area contributed by atoms with E-state index >= 15 is 0 Å². The number of benzene rings is 11. The van der Waals surface area contributed by atoms with Crippen molar-refractivity contribution >= 4 is 27.8 Å². The fraction of sp³-hybridized carbons (Fsp3) is 0. The van der Waals surface area contributed by atoms with Gasteiger partial charge in [-0.2, -0.15) is 0 Å². The lowest BCUT2D eigenvalue weighted by molar-refractivity contribution is 1.28. The van der Waals surface area contributed by atoms with Gasteiger partial charge in [-0.15, -0.1) is 0 Å². The molecule has 0 amide bonds. The molecule has 0 heterocycles. The predicted molar refractivity (Wildman–Crippen MR) is 277 cm³/mol. The largest absolute Gasteiger partial charge is 0.310 e. The zero-order valence-electron chi connectivity index (χ0n) is 35.9. The van der Waals surface area contributed by atoms with Crippen LogP contribution in [0.25, 0.3) is 88.7 Å². The standard InChI is InChI=1S/C64H45N/c1-7-23-46(24-8-1)47-39-42-54(43-40-47)65(53-33-17-6-18-34-53)60-38-22-21-37-57(60)56-36-20-19-35-55(56)52-41-44-58-59(45-52)62(49-27-11-3-12-28-49)64(51-31-15-5-16-32-51)63(50-29-13-4-14-30-50)61(58)48-25-9-2-10-26-48/h1-45H. The fourth-order valence-corrected chi connectivity index (χ4v) is 9.56.